The third kappa shape index (κ3) is 4.34. The zero-order valence-corrected chi connectivity index (χ0v) is 13.0. The van der Waals surface area contributed by atoms with Gasteiger partial charge in [-0.3, -0.25) is 0 Å². The van der Waals surface area contributed by atoms with E-state index < -0.39 is 10.0 Å². The van der Waals surface area contributed by atoms with Crippen molar-refractivity contribution in [3.8, 4) is 0 Å². The number of nitrogens with one attached hydrogen (secondary N) is 1. The van der Waals surface area contributed by atoms with Gasteiger partial charge < -0.3 is 10.2 Å². The summed E-state index contributed by atoms with van der Waals surface area (Å²) < 4.78 is 25.8. The second kappa shape index (κ2) is 6.76. The van der Waals surface area contributed by atoms with Gasteiger partial charge in [0.05, 0.1) is 5.75 Å². The van der Waals surface area contributed by atoms with E-state index in [1.165, 1.54) is 4.31 Å². The lowest BCUT2D eigenvalue weighted by Gasteiger charge is -2.34. The summed E-state index contributed by atoms with van der Waals surface area (Å²) in [5, 5.41) is 2.94. The zero-order chi connectivity index (χ0) is 14.6. The molecule has 0 unspecified atom stereocenters. The highest BCUT2D eigenvalue weighted by Gasteiger charge is 2.30. The van der Waals surface area contributed by atoms with Crippen molar-refractivity contribution in [3.63, 3.8) is 0 Å². The SMILES string of the molecule is CCCCCS(=O)(=O)N1CCN(C(=O)NC2CC2)CC1. The molecule has 1 aliphatic heterocycles. The maximum atomic E-state index is 12.1. The van der Waals surface area contributed by atoms with Crippen LogP contribution in [0, 0.1) is 0 Å². The van der Waals surface area contributed by atoms with Gasteiger partial charge in [0.15, 0.2) is 0 Å². The standard InChI is InChI=1S/C13H25N3O3S/c1-2-3-4-11-20(18,19)16-9-7-15(8-10-16)13(17)14-12-5-6-12/h12H,2-11H2,1H3,(H,14,17). The van der Waals surface area contributed by atoms with Crippen molar-refractivity contribution in [2.45, 2.75) is 45.1 Å². The number of carbonyl (C=O) groups is 1. The topological polar surface area (TPSA) is 69.7 Å². The van der Waals surface area contributed by atoms with Crippen molar-refractivity contribution in [2.75, 3.05) is 31.9 Å². The average Bonchev–Trinajstić information content (AvgIpc) is 3.23. The van der Waals surface area contributed by atoms with E-state index in [1.54, 1.807) is 4.90 Å². The second-order valence-corrected chi connectivity index (χ2v) is 7.72. The number of hydrogen-bond donors (Lipinski definition) is 1. The molecule has 7 heteroatoms. The van der Waals surface area contributed by atoms with Crippen LogP contribution in [0.2, 0.25) is 0 Å². The molecule has 0 aromatic carbocycles. The van der Waals surface area contributed by atoms with E-state index in [1.807, 2.05) is 0 Å². The molecule has 2 fully saturated rings. The van der Waals surface area contributed by atoms with Gasteiger partial charge in [0.1, 0.15) is 0 Å². The van der Waals surface area contributed by atoms with Gasteiger partial charge in [0, 0.05) is 32.2 Å². The maximum Gasteiger partial charge on any atom is 0.317 e. The Hall–Kier alpha value is -0.820. The molecule has 0 radical (unpaired) electrons. The highest BCUT2D eigenvalue weighted by atomic mass is 32.2. The summed E-state index contributed by atoms with van der Waals surface area (Å²) in [6.45, 7) is 3.89. The molecule has 1 heterocycles. The summed E-state index contributed by atoms with van der Waals surface area (Å²) in [6.07, 6.45) is 4.82. The van der Waals surface area contributed by atoms with Crippen molar-refractivity contribution in [1.82, 2.24) is 14.5 Å². The molecule has 1 saturated heterocycles. The van der Waals surface area contributed by atoms with Gasteiger partial charge in [-0.25, -0.2) is 13.2 Å². The molecule has 0 bridgehead atoms. The number of rotatable bonds is 6. The Kier molecular flexibility index (Phi) is 5.26. The van der Waals surface area contributed by atoms with Crippen LogP contribution in [0.4, 0.5) is 4.79 Å². The second-order valence-electron chi connectivity index (χ2n) is 5.63. The lowest BCUT2D eigenvalue weighted by Crippen LogP contribution is -2.53. The van der Waals surface area contributed by atoms with Crippen LogP contribution in [-0.4, -0.2) is 61.6 Å². The van der Waals surface area contributed by atoms with Crippen molar-refractivity contribution in [3.05, 3.63) is 0 Å². The van der Waals surface area contributed by atoms with Gasteiger partial charge in [-0.1, -0.05) is 19.8 Å². The predicted octanol–water partition coefficient (Wildman–Crippen LogP) is 0.996. The minimum absolute atomic E-state index is 0.0458. The van der Waals surface area contributed by atoms with Gasteiger partial charge in [0.2, 0.25) is 10.0 Å². The molecule has 6 nitrogen and oxygen atoms in total. The summed E-state index contributed by atoms with van der Waals surface area (Å²) in [5.41, 5.74) is 0. The molecule has 2 rings (SSSR count). The number of piperazine rings is 1. The van der Waals surface area contributed by atoms with E-state index in [4.69, 9.17) is 0 Å². The molecular weight excluding hydrogens is 278 g/mol. The molecule has 0 atom stereocenters. The number of carbonyl (C=O) groups excluding carboxylic acids is 1. The van der Waals surface area contributed by atoms with E-state index in [0.717, 1.165) is 32.1 Å². The smallest absolute Gasteiger partial charge is 0.317 e. The third-order valence-electron chi connectivity index (χ3n) is 3.83. The minimum Gasteiger partial charge on any atom is -0.335 e. The van der Waals surface area contributed by atoms with Gasteiger partial charge in [-0.15, -0.1) is 0 Å². The number of sulfonamides is 1. The fourth-order valence-corrected chi connectivity index (χ4v) is 3.87. The molecule has 1 aliphatic carbocycles. The maximum absolute atomic E-state index is 12.1. The molecule has 2 amide bonds. The summed E-state index contributed by atoms with van der Waals surface area (Å²) in [4.78, 5) is 13.6. The molecule has 0 spiro atoms. The Labute approximate surface area is 121 Å². The summed E-state index contributed by atoms with van der Waals surface area (Å²) >= 11 is 0. The van der Waals surface area contributed by atoms with Crippen molar-refractivity contribution < 1.29 is 13.2 Å². The normalized spacial score (nSPS) is 20.9. The fourth-order valence-electron chi connectivity index (χ4n) is 2.33. The highest BCUT2D eigenvalue weighted by Crippen LogP contribution is 2.19. The molecule has 0 aromatic rings. The van der Waals surface area contributed by atoms with E-state index in [0.29, 0.717) is 32.2 Å². The third-order valence-corrected chi connectivity index (χ3v) is 5.79. The molecule has 1 N–H and O–H groups in total. The van der Waals surface area contributed by atoms with Crippen LogP contribution in [0.5, 0.6) is 0 Å². The van der Waals surface area contributed by atoms with Crippen LogP contribution in [0.1, 0.15) is 39.0 Å². The largest absolute Gasteiger partial charge is 0.335 e. The first kappa shape index (κ1) is 15.6. The van der Waals surface area contributed by atoms with E-state index in [-0.39, 0.29) is 11.8 Å². The summed E-state index contributed by atoms with van der Waals surface area (Å²) in [6, 6.07) is 0.300. The first-order valence-corrected chi connectivity index (χ1v) is 9.17. The quantitative estimate of drug-likeness (QED) is 0.744. The van der Waals surface area contributed by atoms with Crippen molar-refractivity contribution in [2.24, 2.45) is 0 Å². The Morgan fingerprint density at radius 2 is 1.80 bits per heavy atom. The Morgan fingerprint density at radius 3 is 2.35 bits per heavy atom. The minimum atomic E-state index is -3.14. The van der Waals surface area contributed by atoms with Crippen LogP contribution >= 0.6 is 0 Å². The van der Waals surface area contributed by atoms with Crippen LogP contribution in [0.15, 0.2) is 0 Å². The Balaban J connectivity index is 1.76. The van der Waals surface area contributed by atoms with E-state index in [2.05, 4.69) is 12.2 Å². The number of amides is 2. The first-order chi connectivity index (χ1) is 9.53. The molecule has 116 valence electrons. The Bertz CT molecular complexity index is 426. The van der Waals surface area contributed by atoms with Gasteiger partial charge in [-0.2, -0.15) is 4.31 Å². The van der Waals surface area contributed by atoms with E-state index >= 15 is 0 Å². The van der Waals surface area contributed by atoms with Crippen LogP contribution < -0.4 is 5.32 Å². The fraction of sp³-hybridized carbons (Fsp3) is 0.923. The average molecular weight is 303 g/mol. The number of unbranched alkanes of at least 4 members (excludes halogenated alkanes) is 2. The number of nitrogens with zero attached hydrogens (tertiary/aromatic N) is 2. The predicted molar refractivity (Wildman–Crippen MR) is 78.0 cm³/mol. The van der Waals surface area contributed by atoms with Gasteiger partial charge >= 0.3 is 6.03 Å². The molecule has 2 aliphatic rings. The molecule has 20 heavy (non-hydrogen) atoms. The number of hydrogen-bond acceptors (Lipinski definition) is 3. The summed E-state index contributed by atoms with van der Waals surface area (Å²) in [5.74, 6) is 0.231. The highest BCUT2D eigenvalue weighted by molar-refractivity contribution is 7.89. The molecular formula is C13H25N3O3S. The lowest BCUT2D eigenvalue weighted by atomic mass is 10.3. The molecule has 0 aromatic heterocycles. The van der Waals surface area contributed by atoms with Crippen LogP contribution in [0.25, 0.3) is 0 Å². The molecule has 1 saturated carbocycles. The van der Waals surface area contributed by atoms with Crippen LogP contribution in [-0.2, 0) is 10.0 Å². The van der Waals surface area contributed by atoms with E-state index in [9.17, 15) is 13.2 Å². The summed E-state index contributed by atoms with van der Waals surface area (Å²) in [7, 11) is -3.14. The van der Waals surface area contributed by atoms with Gasteiger partial charge in [0.25, 0.3) is 0 Å². The monoisotopic (exact) mass is 303 g/mol. The zero-order valence-electron chi connectivity index (χ0n) is 12.2. The van der Waals surface area contributed by atoms with Crippen molar-refractivity contribution in [1.29, 1.82) is 0 Å². The lowest BCUT2D eigenvalue weighted by molar-refractivity contribution is 0.172. The number of urea groups is 1. The Morgan fingerprint density at radius 1 is 1.15 bits per heavy atom. The van der Waals surface area contributed by atoms with Crippen LogP contribution in [0.3, 0.4) is 0 Å². The van der Waals surface area contributed by atoms with Crippen molar-refractivity contribution >= 4 is 16.1 Å². The first-order valence-electron chi connectivity index (χ1n) is 7.56. The van der Waals surface area contributed by atoms with Gasteiger partial charge in [-0.05, 0) is 19.3 Å².